The second-order valence-electron chi connectivity index (χ2n) is 2.51. The Kier molecular flexibility index (Phi) is 7.26. The lowest BCUT2D eigenvalue weighted by Crippen LogP contribution is -1.95. The highest BCUT2D eigenvalue weighted by atomic mass is 32.2. The zero-order chi connectivity index (χ0) is 7.82. The predicted molar refractivity (Wildman–Crippen MR) is 51.6 cm³/mol. The Morgan fingerprint density at radius 1 is 1.50 bits per heavy atom. The highest BCUT2D eigenvalue weighted by Gasteiger charge is 1.98. The lowest BCUT2D eigenvalue weighted by Gasteiger charge is -2.06. The summed E-state index contributed by atoms with van der Waals surface area (Å²) in [6, 6.07) is 0. The van der Waals surface area contributed by atoms with Crippen LogP contribution in [0.5, 0.6) is 0 Å². The Morgan fingerprint density at radius 3 is 2.60 bits per heavy atom. The average Bonchev–Trinajstić information content (AvgIpc) is 1.99. The molecule has 0 aromatic carbocycles. The van der Waals surface area contributed by atoms with Gasteiger partial charge in [0.1, 0.15) is 0 Å². The first-order valence-electron chi connectivity index (χ1n) is 4.00. The van der Waals surface area contributed by atoms with E-state index < -0.39 is 0 Å². The summed E-state index contributed by atoms with van der Waals surface area (Å²) in [4.78, 5) is 0. The quantitative estimate of drug-likeness (QED) is 0.421. The minimum Gasteiger partial charge on any atom is -0.158 e. The van der Waals surface area contributed by atoms with Crippen molar-refractivity contribution in [3.05, 3.63) is 12.7 Å². The van der Waals surface area contributed by atoms with E-state index in [1.165, 1.54) is 25.7 Å². The fourth-order valence-electron chi connectivity index (χ4n) is 0.927. The standard InChI is InChI=1S/C9H18S/c1-4-6-7-8-9(5-2)10-3/h5,9H,2,4,6-8H2,1,3H3. The van der Waals surface area contributed by atoms with Crippen LogP contribution in [-0.2, 0) is 0 Å². The Bertz CT molecular complexity index is 78.8. The molecule has 10 heavy (non-hydrogen) atoms. The van der Waals surface area contributed by atoms with E-state index in [2.05, 4.69) is 25.8 Å². The van der Waals surface area contributed by atoms with Crippen molar-refractivity contribution in [2.45, 2.75) is 37.9 Å². The molecule has 0 aliphatic heterocycles. The number of unbranched alkanes of at least 4 members (excludes halogenated alkanes) is 2. The summed E-state index contributed by atoms with van der Waals surface area (Å²) in [7, 11) is 0. The first-order valence-corrected chi connectivity index (χ1v) is 5.29. The van der Waals surface area contributed by atoms with Gasteiger partial charge in [-0.25, -0.2) is 0 Å². The molecule has 0 saturated carbocycles. The van der Waals surface area contributed by atoms with Gasteiger partial charge in [-0.2, -0.15) is 11.8 Å². The Labute approximate surface area is 69.1 Å². The number of hydrogen-bond donors (Lipinski definition) is 0. The first-order chi connectivity index (χ1) is 4.85. The Balaban J connectivity index is 3.17. The summed E-state index contributed by atoms with van der Waals surface area (Å²) in [6.07, 6.45) is 9.55. The zero-order valence-electron chi connectivity index (χ0n) is 7.10. The largest absolute Gasteiger partial charge is 0.158 e. The summed E-state index contributed by atoms with van der Waals surface area (Å²) in [5.41, 5.74) is 0. The third-order valence-corrected chi connectivity index (χ3v) is 2.69. The molecule has 1 unspecified atom stereocenters. The van der Waals surface area contributed by atoms with Crippen LogP contribution in [-0.4, -0.2) is 11.5 Å². The van der Waals surface area contributed by atoms with Gasteiger partial charge in [0.25, 0.3) is 0 Å². The van der Waals surface area contributed by atoms with Gasteiger partial charge in [0.2, 0.25) is 0 Å². The van der Waals surface area contributed by atoms with Crippen molar-refractivity contribution in [3.8, 4) is 0 Å². The summed E-state index contributed by atoms with van der Waals surface area (Å²) < 4.78 is 0. The molecule has 0 radical (unpaired) electrons. The molecule has 0 spiro atoms. The highest BCUT2D eigenvalue weighted by molar-refractivity contribution is 7.99. The maximum absolute atomic E-state index is 3.79. The number of hydrogen-bond acceptors (Lipinski definition) is 1. The van der Waals surface area contributed by atoms with Crippen LogP contribution in [0.3, 0.4) is 0 Å². The minimum absolute atomic E-state index is 0.687. The fraction of sp³-hybridized carbons (Fsp3) is 0.778. The zero-order valence-corrected chi connectivity index (χ0v) is 7.91. The normalized spacial score (nSPS) is 13.0. The van der Waals surface area contributed by atoms with E-state index in [0.29, 0.717) is 5.25 Å². The average molecular weight is 158 g/mol. The van der Waals surface area contributed by atoms with Crippen molar-refractivity contribution in [2.75, 3.05) is 6.26 Å². The van der Waals surface area contributed by atoms with Crippen LogP contribution < -0.4 is 0 Å². The summed E-state index contributed by atoms with van der Waals surface area (Å²) in [6.45, 7) is 6.03. The van der Waals surface area contributed by atoms with Gasteiger partial charge in [0.15, 0.2) is 0 Å². The smallest absolute Gasteiger partial charge is 0.0221 e. The molecular formula is C9H18S. The minimum atomic E-state index is 0.687. The third-order valence-electron chi connectivity index (χ3n) is 1.66. The van der Waals surface area contributed by atoms with E-state index in [1.807, 2.05) is 11.8 Å². The van der Waals surface area contributed by atoms with Crippen LogP contribution in [0.2, 0.25) is 0 Å². The molecule has 0 fully saturated rings. The lowest BCUT2D eigenvalue weighted by molar-refractivity contribution is 0.681. The van der Waals surface area contributed by atoms with Crippen LogP contribution in [0.1, 0.15) is 32.6 Å². The number of rotatable bonds is 6. The van der Waals surface area contributed by atoms with E-state index in [9.17, 15) is 0 Å². The molecule has 1 atom stereocenters. The monoisotopic (exact) mass is 158 g/mol. The van der Waals surface area contributed by atoms with Gasteiger partial charge >= 0.3 is 0 Å². The molecule has 0 rings (SSSR count). The van der Waals surface area contributed by atoms with Gasteiger partial charge in [0.05, 0.1) is 0 Å². The third kappa shape index (κ3) is 4.92. The van der Waals surface area contributed by atoms with Crippen molar-refractivity contribution >= 4 is 11.8 Å². The highest BCUT2D eigenvalue weighted by Crippen LogP contribution is 2.15. The first kappa shape index (κ1) is 10.1. The molecule has 1 heteroatoms. The number of thioether (sulfide) groups is 1. The van der Waals surface area contributed by atoms with E-state index in [0.717, 1.165) is 0 Å². The van der Waals surface area contributed by atoms with Gasteiger partial charge in [-0.1, -0.05) is 32.3 Å². The van der Waals surface area contributed by atoms with Crippen molar-refractivity contribution in [1.82, 2.24) is 0 Å². The SMILES string of the molecule is C=CC(CCCCC)SC. The second-order valence-corrected chi connectivity index (χ2v) is 3.58. The molecule has 0 aromatic rings. The van der Waals surface area contributed by atoms with Crippen molar-refractivity contribution in [3.63, 3.8) is 0 Å². The molecule has 0 aromatic heterocycles. The van der Waals surface area contributed by atoms with E-state index in [-0.39, 0.29) is 0 Å². The maximum atomic E-state index is 3.79. The van der Waals surface area contributed by atoms with Crippen LogP contribution >= 0.6 is 11.8 Å². The van der Waals surface area contributed by atoms with Crippen molar-refractivity contribution in [2.24, 2.45) is 0 Å². The lowest BCUT2D eigenvalue weighted by atomic mass is 10.1. The summed E-state index contributed by atoms with van der Waals surface area (Å²) in [5.74, 6) is 0. The van der Waals surface area contributed by atoms with Gasteiger partial charge in [-0.15, -0.1) is 6.58 Å². The van der Waals surface area contributed by atoms with Crippen molar-refractivity contribution < 1.29 is 0 Å². The molecule has 0 nitrogen and oxygen atoms in total. The van der Waals surface area contributed by atoms with E-state index in [4.69, 9.17) is 0 Å². The second kappa shape index (κ2) is 7.20. The molecule has 0 heterocycles. The summed E-state index contributed by atoms with van der Waals surface area (Å²) >= 11 is 1.90. The van der Waals surface area contributed by atoms with E-state index in [1.54, 1.807) is 0 Å². The Hall–Kier alpha value is 0.0900. The molecule has 0 saturated heterocycles. The molecule has 0 aliphatic carbocycles. The van der Waals surface area contributed by atoms with Crippen LogP contribution in [0.25, 0.3) is 0 Å². The van der Waals surface area contributed by atoms with Gasteiger partial charge < -0.3 is 0 Å². The molecule has 0 aliphatic rings. The molecule has 0 amide bonds. The fourth-order valence-corrected chi connectivity index (χ4v) is 1.52. The predicted octanol–water partition coefficient (Wildman–Crippen LogP) is 3.48. The molecule has 60 valence electrons. The van der Waals surface area contributed by atoms with Crippen LogP contribution in [0.4, 0.5) is 0 Å². The molecular weight excluding hydrogens is 140 g/mol. The molecule has 0 N–H and O–H groups in total. The van der Waals surface area contributed by atoms with Gasteiger partial charge in [-0.3, -0.25) is 0 Å². The topological polar surface area (TPSA) is 0 Å². The van der Waals surface area contributed by atoms with E-state index >= 15 is 0 Å². The maximum Gasteiger partial charge on any atom is 0.0221 e. The van der Waals surface area contributed by atoms with Gasteiger partial charge in [-0.05, 0) is 12.7 Å². The van der Waals surface area contributed by atoms with Crippen LogP contribution in [0.15, 0.2) is 12.7 Å². The van der Waals surface area contributed by atoms with Crippen molar-refractivity contribution in [1.29, 1.82) is 0 Å². The Morgan fingerprint density at radius 2 is 2.20 bits per heavy atom. The van der Waals surface area contributed by atoms with Crippen LogP contribution in [0, 0.1) is 0 Å². The molecule has 0 bridgehead atoms. The summed E-state index contributed by atoms with van der Waals surface area (Å²) in [5, 5.41) is 0.687. The van der Waals surface area contributed by atoms with Gasteiger partial charge in [0, 0.05) is 5.25 Å².